The summed E-state index contributed by atoms with van der Waals surface area (Å²) in [5.41, 5.74) is 0.684. The third-order valence-electron chi connectivity index (χ3n) is 5.94. The SMILES string of the molecule is CCN(C(=O)CN1CCC(c2nc(-c3ccccn3)no2)CC1)C1CCS(=O)(=O)C1. The van der Waals surface area contributed by atoms with Gasteiger partial charge in [0, 0.05) is 24.7 Å². The zero-order valence-electron chi connectivity index (χ0n) is 17.1. The lowest BCUT2D eigenvalue weighted by atomic mass is 9.96. The molecule has 2 aliphatic heterocycles. The van der Waals surface area contributed by atoms with Gasteiger partial charge in [-0.2, -0.15) is 4.98 Å². The second-order valence-corrected chi connectivity index (χ2v) is 10.2. The number of amides is 1. The molecule has 4 rings (SSSR count). The first-order valence-electron chi connectivity index (χ1n) is 10.4. The fourth-order valence-electron chi connectivity index (χ4n) is 4.28. The number of aromatic nitrogens is 3. The van der Waals surface area contributed by atoms with E-state index in [0.29, 0.717) is 36.9 Å². The molecule has 2 aromatic rings. The van der Waals surface area contributed by atoms with Gasteiger partial charge in [0.1, 0.15) is 5.69 Å². The molecule has 0 N–H and O–H groups in total. The number of piperidine rings is 1. The molecule has 2 aliphatic rings. The zero-order chi connectivity index (χ0) is 21.1. The number of hydrogen-bond acceptors (Lipinski definition) is 8. The van der Waals surface area contributed by atoms with E-state index in [4.69, 9.17) is 4.52 Å². The van der Waals surface area contributed by atoms with Crippen molar-refractivity contribution in [2.45, 2.75) is 38.1 Å². The molecule has 1 amide bonds. The molecule has 162 valence electrons. The molecular formula is C20H27N5O4S. The molecule has 4 heterocycles. The molecule has 10 heteroatoms. The summed E-state index contributed by atoms with van der Waals surface area (Å²) in [5.74, 6) is 1.56. The minimum absolute atomic E-state index is 0.00767. The van der Waals surface area contributed by atoms with Crippen molar-refractivity contribution >= 4 is 15.7 Å². The highest BCUT2D eigenvalue weighted by Gasteiger charge is 2.35. The number of rotatable bonds is 6. The average molecular weight is 434 g/mol. The molecule has 0 aliphatic carbocycles. The van der Waals surface area contributed by atoms with Crippen LogP contribution in [0.25, 0.3) is 11.5 Å². The van der Waals surface area contributed by atoms with E-state index >= 15 is 0 Å². The molecule has 2 saturated heterocycles. The molecule has 30 heavy (non-hydrogen) atoms. The van der Waals surface area contributed by atoms with Gasteiger partial charge in [-0.05, 0) is 51.4 Å². The van der Waals surface area contributed by atoms with Gasteiger partial charge < -0.3 is 9.42 Å². The Kier molecular flexibility index (Phi) is 6.14. The molecule has 1 unspecified atom stereocenters. The lowest BCUT2D eigenvalue weighted by molar-refractivity contribution is -0.134. The maximum atomic E-state index is 12.8. The van der Waals surface area contributed by atoms with Gasteiger partial charge >= 0.3 is 0 Å². The van der Waals surface area contributed by atoms with Crippen LogP contribution in [0, 0.1) is 0 Å². The van der Waals surface area contributed by atoms with Crippen molar-refractivity contribution in [3.63, 3.8) is 0 Å². The van der Waals surface area contributed by atoms with Crippen LogP contribution in [0.15, 0.2) is 28.9 Å². The topological polar surface area (TPSA) is 110 Å². The minimum Gasteiger partial charge on any atom is -0.339 e. The van der Waals surface area contributed by atoms with Crippen LogP contribution in [0.4, 0.5) is 0 Å². The molecule has 0 aromatic carbocycles. The second-order valence-electron chi connectivity index (χ2n) is 7.96. The lowest BCUT2D eigenvalue weighted by Crippen LogP contribution is -2.47. The van der Waals surface area contributed by atoms with Gasteiger partial charge in [0.15, 0.2) is 9.84 Å². The monoisotopic (exact) mass is 433 g/mol. The van der Waals surface area contributed by atoms with Crippen molar-refractivity contribution in [3.8, 4) is 11.5 Å². The summed E-state index contributed by atoms with van der Waals surface area (Å²) in [6, 6.07) is 5.38. The van der Waals surface area contributed by atoms with Crippen LogP contribution in [-0.4, -0.2) is 83.0 Å². The van der Waals surface area contributed by atoms with Gasteiger partial charge in [-0.15, -0.1) is 0 Å². The summed E-state index contributed by atoms with van der Waals surface area (Å²) in [5, 5.41) is 4.05. The van der Waals surface area contributed by atoms with E-state index in [2.05, 4.69) is 20.0 Å². The van der Waals surface area contributed by atoms with E-state index in [1.807, 2.05) is 25.1 Å². The predicted molar refractivity (Wildman–Crippen MR) is 110 cm³/mol. The molecular weight excluding hydrogens is 406 g/mol. The van der Waals surface area contributed by atoms with E-state index < -0.39 is 9.84 Å². The molecule has 0 bridgehead atoms. The van der Waals surface area contributed by atoms with Crippen LogP contribution in [0.5, 0.6) is 0 Å². The Morgan fingerprint density at radius 1 is 1.27 bits per heavy atom. The quantitative estimate of drug-likeness (QED) is 0.671. The van der Waals surface area contributed by atoms with Crippen molar-refractivity contribution in [2.75, 3.05) is 37.7 Å². The Hall–Kier alpha value is -2.33. The highest BCUT2D eigenvalue weighted by atomic mass is 32.2. The Bertz CT molecular complexity index is 970. The van der Waals surface area contributed by atoms with Crippen molar-refractivity contribution in [2.24, 2.45) is 0 Å². The van der Waals surface area contributed by atoms with Gasteiger partial charge in [0.05, 0.1) is 18.1 Å². The van der Waals surface area contributed by atoms with Gasteiger partial charge in [-0.1, -0.05) is 11.2 Å². The second kappa shape index (κ2) is 8.81. The maximum absolute atomic E-state index is 12.8. The third-order valence-corrected chi connectivity index (χ3v) is 7.69. The summed E-state index contributed by atoms with van der Waals surface area (Å²) in [6.07, 6.45) is 3.91. The normalized spacial score (nSPS) is 22.2. The van der Waals surface area contributed by atoms with Crippen LogP contribution in [-0.2, 0) is 14.6 Å². The first-order valence-corrected chi connectivity index (χ1v) is 12.2. The van der Waals surface area contributed by atoms with E-state index in [9.17, 15) is 13.2 Å². The van der Waals surface area contributed by atoms with Crippen molar-refractivity contribution in [1.82, 2.24) is 24.9 Å². The molecule has 1 atom stereocenters. The van der Waals surface area contributed by atoms with E-state index in [1.54, 1.807) is 11.1 Å². The molecule has 2 aromatic heterocycles. The first kappa shape index (κ1) is 20.9. The Balaban J connectivity index is 1.30. The maximum Gasteiger partial charge on any atom is 0.237 e. The average Bonchev–Trinajstić information content (AvgIpc) is 3.37. The van der Waals surface area contributed by atoms with E-state index in [0.717, 1.165) is 25.9 Å². The summed E-state index contributed by atoms with van der Waals surface area (Å²) < 4.78 is 29.0. The minimum atomic E-state index is -3.01. The zero-order valence-corrected chi connectivity index (χ0v) is 17.9. The van der Waals surface area contributed by atoms with Crippen molar-refractivity contribution in [1.29, 1.82) is 0 Å². The summed E-state index contributed by atoms with van der Waals surface area (Å²) in [6.45, 7) is 4.29. The largest absolute Gasteiger partial charge is 0.339 e. The van der Waals surface area contributed by atoms with Gasteiger partial charge in [-0.3, -0.25) is 14.7 Å². The van der Waals surface area contributed by atoms with Crippen LogP contribution in [0.1, 0.15) is 38.0 Å². The predicted octanol–water partition coefficient (Wildman–Crippen LogP) is 1.35. The first-order chi connectivity index (χ1) is 14.4. The number of nitrogens with zero attached hydrogens (tertiary/aromatic N) is 5. The Labute approximate surface area is 176 Å². The number of likely N-dealkylation sites (tertiary alicyclic amines) is 1. The summed E-state index contributed by atoms with van der Waals surface area (Å²) in [4.78, 5) is 25.4. The smallest absolute Gasteiger partial charge is 0.237 e. The highest BCUT2D eigenvalue weighted by molar-refractivity contribution is 7.91. The summed E-state index contributed by atoms with van der Waals surface area (Å²) in [7, 11) is -3.01. The molecule has 0 spiro atoms. The number of sulfone groups is 1. The van der Waals surface area contributed by atoms with Gasteiger partial charge in [-0.25, -0.2) is 8.42 Å². The van der Waals surface area contributed by atoms with Crippen LogP contribution in [0.2, 0.25) is 0 Å². The number of likely N-dealkylation sites (N-methyl/N-ethyl adjacent to an activating group) is 1. The van der Waals surface area contributed by atoms with E-state index in [1.165, 1.54) is 0 Å². The van der Waals surface area contributed by atoms with Crippen molar-refractivity contribution < 1.29 is 17.7 Å². The Morgan fingerprint density at radius 2 is 2.07 bits per heavy atom. The number of pyridine rings is 1. The number of hydrogen-bond donors (Lipinski definition) is 0. The van der Waals surface area contributed by atoms with Crippen LogP contribution < -0.4 is 0 Å². The third kappa shape index (κ3) is 4.70. The Morgan fingerprint density at radius 3 is 2.70 bits per heavy atom. The van der Waals surface area contributed by atoms with E-state index in [-0.39, 0.29) is 29.4 Å². The molecule has 9 nitrogen and oxygen atoms in total. The lowest BCUT2D eigenvalue weighted by Gasteiger charge is -2.33. The molecule has 2 fully saturated rings. The van der Waals surface area contributed by atoms with Gasteiger partial charge in [0.2, 0.25) is 17.6 Å². The highest BCUT2D eigenvalue weighted by Crippen LogP contribution is 2.28. The standard InChI is InChI=1S/C20H27N5O4S/c1-2-25(16-8-12-30(27,28)14-16)18(26)13-24-10-6-15(7-11-24)20-22-19(23-29-20)17-5-3-4-9-21-17/h3-5,9,15-16H,2,6-8,10-14H2,1H3. The van der Waals surface area contributed by atoms with Crippen LogP contribution >= 0.6 is 0 Å². The van der Waals surface area contributed by atoms with Crippen molar-refractivity contribution in [3.05, 3.63) is 30.3 Å². The van der Waals surface area contributed by atoms with Gasteiger partial charge in [0.25, 0.3) is 0 Å². The fraction of sp³-hybridized carbons (Fsp3) is 0.600. The fourth-order valence-corrected chi connectivity index (χ4v) is 6.01. The molecule has 0 radical (unpaired) electrons. The summed E-state index contributed by atoms with van der Waals surface area (Å²) >= 11 is 0. The number of carbonyl (C=O) groups excluding carboxylic acids is 1. The van der Waals surface area contributed by atoms with Crippen LogP contribution in [0.3, 0.4) is 0 Å². The molecule has 0 saturated carbocycles. The number of carbonyl (C=O) groups is 1.